The maximum atomic E-state index is 12.4. The van der Waals surface area contributed by atoms with Crippen LogP contribution in [0, 0.1) is 0 Å². The summed E-state index contributed by atoms with van der Waals surface area (Å²) in [5, 5.41) is 23.0. The summed E-state index contributed by atoms with van der Waals surface area (Å²) in [7, 11) is 0. The second-order valence-electron chi connectivity index (χ2n) is 18.2. The molecule has 6 nitrogen and oxygen atoms in total. The Bertz CT molecular complexity index is 993. The lowest BCUT2D eigenvalue weighted by atomic mass is 10.0. The predicted octanol–water partition coefficient (Wildman–Crippen LogP) is 16.1. The number of carbonyl (C=O) groups excluding carboxylic acids is 2. The van der Waals surface area contributed by atoms with E-state index < -0.39 is 12.1 Å². The summed E-state index contributed by atoms with van der Waals surface area (Å²) in [5.74, 6) is -0.0810. The van der Waals surface area contributed by atoms with Crippen LogP contribution in [0.4, 0.5) is 0 Å². The third kappa shape index (κ3) is 47.4. The molecular formula is C55H103NO5. The number of amides is 1. The molecule has 0 aliphatic rings. The van der Waals surface area contributed by atoms with Crippen molar-refractivity contribution in [1.29, 1.82) is 0 Å². The van der Waals surface area contributed by atoms with Gasteiger partial charge in [0.2, 0.25) is 5.91 Å². The monoisotopic (exact) mass is 858 g/mol. The van der Waals surface area contributed by atoms with Gasteiger partial charge < -0.3 is 20.3 Å². The number of aliphatic hydroxyl groups is 2. The number of ether oxygens (including phenoxy) is 1. The minimum atomic E-state index is -0.848. The fraction of sp³-hybridized carbons (Fsp3) is 0.855. The summed E-state index contributed by atoms with van der Waals surface area (Å²) >= 11 is 0. The third-order valence-electron chi connectivity index (χ3n) is 12.1. The van der Waals surface area contributed by atoms with Crippen LogP contribution in [-0.2, 0) is 14.3 Å². The topological polar surface area (TPSA) is 95.9 Å². The van der Waals surface area contributed by atoms with Gasteiger partial charge in [0, 0.05) is 12.8 Å². The molecule has 0 bridgehead atoms. The number of nitrogens with one attached hydrogen (secondary N) is 1. The number of allylic oxidation sites excluding steroid dienone is 5. The number of esters is 1. The lowest BCUT2D eigenvalue weighted by Gasteiger charge is -2.20. The van der Waals surface area contributed by atoms with Crippen molar-refractivity contribution in [2.24, 2.45) is 0 Å². The van der Waals surface area contributed by atoms with Crippen LogP contribution in [-0.4, -0.2) is 47.4 Å². The minimum Gasteiger partial charge on any atom is -0.466 e. The van der Waals surface area contributed by atoms with E-state index in [1.54, 1.807) is 6.08 Å². The van der Waals surface area contributed by atoms with E-state index in [4.69, 9.17) is 4.74 Å². The van der Waals surface area contributed by atoms with Crippen molar-refractivity contribution in [2.45, 2.75) is 289 Å². The van der Waals surface area contributed by atoms with Gasteiger partial charge >= 0.3 is 5.97 Å². The van der Waals surface area contributed by atoms with Crippen LogP contribution in [0.15, 0.2) is 36.5 Å². The predicted molar refractivity (Wildman–Crippen MR) is 264 cm³/mol. The van der Waals surface area contributed by atoms with E-state index >= 15 is 0 Å². The van der Waals surface area contributed by atoms with Crippen LogP contribution in [0.5, 0.6) is 0 Å². The molecule has 0 radical (unpaired) electrons. The van der Waals surface area contributed by atoms with Crippen LogP contribution in [0.25, 0.3) is 0 Å². The molecule has 0 saturated carbocycles. The standard InChI is InChI=1S/C55H103NO5/c1-3-5-7-9-11-13-15-29-33-37-41-45-49-55(60)61-50-46-42-38-34-30-26-24-22-20-18-16-17-19-21-23-25-28-32-36-40-44-48-54(59)56-52(51-57)53(58)47-43-39-35-31-27-14-12-10-8-6-4-2/h11,13,17,19,43,47,52-53,57-58H,3-10,12,14-16,18,20-42,44-46,48-51H2,1-2H3,(H,56,59)/b13-11-,19-17-,47-43+. The van der Waals surface area contributed by atoms with E-state index in [0.717, 1.165) is 51.4 Å². The molecule has 0 aliphatic carbocycles. The molecule has 2 atom stereocenters. The summed E-state index contributed by atoms with van der Waals surface area (Å²) in [4.78, 5) is 24.4. The highest BCUT2D eigenvalue weighted by Gasteiger charge is 2.18. The first-order valence-electron chi connectivity index (χ1n) is 26.8. The molecule has 0 rings (SSSR count). The average molecular weight is 858 g/mol. The summed E-state index contributed by atoms with van der Waals surface area (Å²) in [5.41, 5.74) is 0. The maximum Gasteiger partial charge on any atom is 0.305 e. The normalized spacial score (nSPS) is 12.9. The lowest BCUT2D eigenvalue weighted by molar-refractivity contribution is -0.143. The highest BCUT2D eigenvalue weighted by molar-refractivity contribution is 5.76. The van der Waals surface area contributed by atoms with Crippen molar-refractivity contribution in [1.82, 2.24) is 5.32 Å². The number of hydrogen-bond acceptors (Lipinski definition) is 5. The number of rotatable bonds is 49. The second-order valence-corrected chi connectivity index (χ2v) is 18.2. The summed E-state index contributed by atoms with van der Waals surface area (Å²) < 4.78 is 5.45. The van der Waals surface area contributed by atoms with E-state index in [2.05, 4.69) is 43.5 Å². The first kappa shape index (κ1) is 59.1. The van der Waals surface area contributed by atoms with E-state index in [0.29, 0.717) is 19.4 Å². The van der Waals surface area contributed by atoms with Crippen LogP contribution >= 0.6 is 0 Å². The van der Waals surface area contributed by atoms with Gasteiger partial charge in [-0.05, 0) is 83.5 Å². The summed E-state index contributed by atoms with van der Waals surface area (Å²) in [6.45, 7) is 4.85. The van der Waals surface area contributed by atoms with Crippen molar-refractivity contribution in [2.75, 3.05) is 13.2 Å². The summed E-state index contributed by atoms with van der Waals surface area (Å²) in [6, 6.07) is -0.632. The molecule has 3 N–H and O–H groups in total. The molecule has 0 aromatic heterocycles. The fourth-order valence-electron chi connectivity index (χ4n) is 7.97. The molecule has 2 unspecified atom stereocenters. The minimum absolute atomic E-state index is 0.00324. The number of aliphatic hydroxyl groups excluding tert-OH is 2. The quantitative estimate of drug-likeness (QED) is 0.0322. The van der Waals surface area contributed by atoms with Gasteiger partial charge in [0.15, 0.2) is 0 Å². The van der Waals surface area contributed by atoms with Gasteiger partial charge in [-0.15, -0.1) is 0 Å². The Hall–Kier alpha value is -1.92. The zero-order chi connectivity index (χ0) is 44.4. The van der Waals surface area contributed by atoms with Crippen molar-refractivity contribution in [3.63, 3.8) is 0 Å². The molecule has 0 aliphatic heterocycles. The third-order valence-corrected chi connectivity index (χ3v) is 12.1. The molecule has 0 saturated heterocycles. The fourth-order valence-corrected chi connectivity index (χ4v) is 7.97. The van der Waals surface area contributed by atoms with Crippen LogP contribution in [0.2, 0.25) is 0 Å². The van der Waals surface area contributed by atoms with Gasteiger partial charge in [0.05, 0.1) is 25.4 Å². The van der Waals surface area contributed by atoms with E-state index in [1.807, 2.05) is 6.08 Å². The smallest absolute Gasteiger partial charge is 0.305 e. The Labute approximate surface area is 379 Å². The molecule has 61 heavy (non-hydrogen) atoms. The van der Waals surface area contributed by atoms with Gasteiger partial charge in [0.25, 0.3) is 0 Å². The number of hydrogen-bond donors (Lipinski definition) is 3. The Balaban J connectivity index is 3.45. The van der Waals surface area contributed by atoms with E-state index in [-0.39, 0.29) is 18.5 Å². The molecule has 6 heteroatoms. The van der Waals surface area contributed by atoms with Crippen molar-refractivity contribution < 1.29 is 24.5 Å². The second kappa shape index (κ2) is 50.7. The molecule has 0 heterocycles. The maximum absolute atomic E-state index is 12.4. The molecule has 0 spiro atoms. The van der Waals surface area contributed by atoms with E-state index in [9.17, 15) is 19.8 Å². The SMILES string of the molecule is CCCCC/C=C\CCCCCCCC(=O)OCCCCCCCCCCCC/C=C\CCCCCCCCCC(=O)NC(CO)C(O)/C=C/CCCCCCCCCCC. The van der Waals surface area contributed by atoms with Gasteiger partial charge in [-0.3, -0.25) is 9.59 Å². The number of unbranched alkanes of at least 4 members (excludes halogenated alkanes) is 34. The molecule has 358 valence electrons. The molecule has 0 fully saturated rings. The number of carbonyl (C=O) groups is 2. The highest BCUT2D eigenvalue weighted by atomic mass is 16.5. The van der Waals surface area contributed by atoms with Crippen molar-refractivity contribution in [3.8, 4) is 0 Å². The van der Waals surface area contributed by atoms with Crippen LogP contribution in [0.3, 0.4) is 0 Å². The van der Waals surface area contributed by atoms with Gasteiger partial charge in [-0.25, -0.2) is 0 Å². The molecule has 0 aromatic rings. The van der Waals surface area contributed by atoms with Gasteiger partial charge in [-0.2, -0.15) is 0 Å². The highest BCUT2D eigenvalue weighted by Crippen LogP contribution is 2.15. The molecule has 1 amide bonds. The Morgan fingerprint density at radius 1 is 0.443 bits per heavy atom. The van der Waals surface area contributed by atoms with Crippen molar-refractivity contribution >= 4 is 11.9 Å². The lowest BCUT2D eigenvalue weighted by Crippen LogP contribution is -2.45. The van der Waals surface area contributed by atoms with Gasteiger partial charge in [0.1, 0.15) is 0 Å². The molecule has 0 aromatic carbocycles. The Morgan fingerprint density at radius 2 is 0.770 bits per heavy atom. The first-order valence-corrected chi connectivity index (χ1v) is 26.8. The summed E-state index contributed by atoms with van der Waals surface area (Å²) in [6.07, 6.45) is 61.6. The Morgan fingerprint density at radius 3 is 1.20 bits per heavy atom. The van der Waals surface area contributed by atoms with Crippen LogP contribution < -0.4 is 5.32 Å². The van der Waals surface area contributed by atoms with E-state index in [1.165, 1.54) is 199 Å². The van der Waals surface area contributed by atoms with Gasteiger partial charge in [-0.1, -0.05) is 217 Å². The Kier molecular flexibility index (Phi) is 49.1. The zero-order valence-electron chi connectivity index (χ0n) is 40.6. The van der Waals surface area contributed by atoms with Crippen molar-refractivity contribution in [3.05, 3.63) is 36.5 Å². The van der Waals surface area contributed by atoms with Crippen LogP contribution in [0.1, 0.15) is 277 Å². The molecular weight excluding hydrogens is 755 g/mol. The first-order chi connectivity index (χ1) is 30.0. The largest absolute Gasteiger partial charge is 0.466 e. The average Bonchev–Trinajstić information content (AvgIpc) is 3.26. The zero-order valence-corrected chi connectivity index (χ0v) is 40.6.